The Labute approximate surface area is 112 Å². The SMILES string of the molecule is CS(=O)(=O)OC1CN(c2ccc(OC3CC3)cn2)C1. The lowest BCUT2D eigenvalue weighted by molar-refractivity contribution is 0.176. The smallest absolute Gasteiger partial charge is 0.264 e. The van der Waals surface area contributed by atoms with Crippen LogP contribution in [0.4, 0.5) is 5.82 Å². The molecule has 104 valence electrons. The molecule has 2 aliphatic rings. The highest BCUT2D eigenvalue weighted by Gasteiger charge is 2.31. The van der Waals surface area contributed by atoms with Gasteiger partial charge in [-0.1, -0.05) is 0 Å². The second-order valence-corrected chi connectivity index (χ2v) is 6.60. The van der Waals surface area contributed by atoms with E-state index in [1.165, 1.54) is 0 Å². The summed E-state index contributed by atoms with van der Waals surface area (Å²) in [5, 5.41) is 0. The fourth-order valence-corrected chi connectivity index (χ4v) is 2.56. The Kier molecular flexibility index (Phi) is 3.10. The van der Waals surface area contributed by atoms with Gasteiger partial charge in [0.05, 0.1) is 18.6 Å². The highest BCUT2D eigenvalue weighted by atomic mass is 32.2. The van der Waals surface area contributed by atoms with Crippen molar-refractivity contribution in [3.05, 3.63) is 18.3 Å². The Bertz CT molecular complexity index is 548. The van der Waals surface area contributed by atoms with Crippen LogP contribution in [-0.4, -0.2) is 45.0 Å². The molecule has 19 heavy (non-hydrogen) atoms. The summed E-state index contributed by atoms with van der Waals surface area (Å²) in [4.78, 5) is 6.28. The Balaban J connectivity index is 1.53. The molecule has 0 atom stereocenters. The molecule has 0 unspecified atom stereocenters. The molecule has 1 saturated carbocycles. The molecule has 1 aliphatic heterocycles. The molecule has 2 heterocycles. The van der Waals surface area contributed by atoms with Gasteiger partial charge in [0.2, 0.25) is 0 Å². The molecular formula is C12H16N2O4S. The lowest BCUT2D eigenvalue weighted by Gasteiger charge is -2.38. The largest absolute Gasteiger partial charge is 0.489 e. The van der Waals surface area contributed by atoms with E-state index in [1.807, 2.05) is 17.0 Å². The molecule has 7 heteroatoms. The number of aromatic nitrogens is 1. The van der Waals surface area contributed by atoms with Crippen molar-refractivity contribution in [2.45, 2.75) is 25.0 Å². The van der Waals surface area contributed by atoms with Gasteiger partial charge < -0.3 is 9.64 Å². The lowest BCUT2D eigenvalue weighted by atomic mass is 10.2. The first kappa shape index (κ1) is 12.7. The summed E-state index contributed by atoms with van der Waals surface area (Å²) in [7, 11) is -3.37. The monoisotopic (exact) mass is 284 g/mol. The van der Waals surface area contributed by atoms with E-state index in [4.69, 9.17) is 8.92 Å². The van der Waals surface area contributed by atoms with Crippen molar-refractivity contribution in [3.8, 4) is 5.75 Å². The summed E-state index contributed by atoms with van der Waals surface area (Å²) in [6.07, 6.45) is 5.12. The average molecular weight is 284 g/mol. The number of pyridine rings is 1. The van der Waals surface area contributed by atoms with Gasteiger partial charge in [-0.05, 0) is 25.0 Å². The Morgan fingerprint density at radius 1 is 1.26 bits per heavy atom. The molecule has 1 saturated heterocycles. The maximum Gasteiger partial charge on any atom is 0.264 e. The van der Waals surface area contributed by atoms with Gasteiger partial charge in [0.15, 0.2) is 0 Å². The van der Waals surface area contributed by atoms with Crippen molar-refractivity contribution in [2.75, 3.05) is 24.2 Å². The lowest BCUT2D eigenvalue weighted by Crippen LogP contribution is -2.53. The number of anilines is 1. The maximum atomic E-state index is 11.0. The molecule has 0 N–H and O–H groups in total. The van der Waals surface area contributed by atoms with E-state index in [0.29, 0.717) is 19.2 Å². The molecular weight excluding hydrogens is 268 g/mol. The average Bonchev–Trinajstić information content (AvgIpc) is 3.07. The third-order valence-corrected chi connectivity index (χ3v) is 3.65. The van der Waals surface area contributed by atoms with Gasteiger partial charge in [-0.15, -0.1) is 0 Å². The molecule has 0 spiro atoms. The van der Waals surface area contributed by atoms with E-state index in [9.17, 15) is 8.42 Å². The Morgan fingerprint density at radius 2 is 2.00 bits per heavy atom. The van der Waals surface area contributed by atoms with Crippen molar-refractivity contribution in [1.29, 1.82) is 0 Å². The molecule has 0 aromatic carbocycles. The third-order valence-electron chi connectivity index (χ3n) is 3.03. The minimum atomic E-state index is -3.37. The van der Waals surface area contributed by atoms with E-state index in [2.05, 4.69) is 4.98 Å². The summed E-state index contributed by atoms with van der Waals surface area (Å²) in [6, 6.07) is 3.78. The van der Waals surface area contributed by atoms with Crippen LogP contribution in [0.1, 0.15) is 12.8 Å². The standard InChI is InChI=1S/C12H16N2O4S/c1-19(15,16)18-11-7-14(8-11)12-5-4-10(6-13-12)17-9-2-3-9/h4-6,9,11H,2-3,7-8H2,1H3. The number of hydrogen-bond donors (Lipinski definition) is 0. The number of ether oxygens (including phenoxy) is 1. The summed E-state index contributed by atoms with van der Waals surface area (Å²) in [5.74, 6) is 1.60. The van der Waals surface area contributed by atoms with Crippen molar-refractivity contribution in [2.24, 2.45) is 0 Å². The second-order valence-electron chi connectivity index (χ2n) is 5.00. The first-order valence-electron chi connectivity index (χ1n) is 6.25. The van der Waals surface area contributed by atoms with Crippen LogP contribution in [0.3, 0.4) is 0 Å². The van der Waals surface area contributed by atoms with Crippen LogP contribution in [0.15, 0.2) is 18.3 Å². The number of rotatable bonds is 5. The number of nitrogens with zero attached hydrogens (tertiary/aromatic N) is 2. The predicted molar refractivity (Wildman–Crippen MR) is 69.8 cm³/mol. The highest BCUT2D eigenvalue weighted by Crippen LogP contribution is 2.28. The van der Waals surface area contributed by atoms with Gasteiger partial charge in [-0.25, -0.2) is 4.98 Å². The summed E-state index contributed by atoms with van der Waals surface area (Å²) in [5.41, 5.74) is 0. The van der Waals surface area contributed by atoms with E-state index < -0.39 is 10.1 Å². The molecule has 6 nitrogen and oxygen atoms in total. The fourth-order valence-electron chi connectivity index (χ4n) is 1.94. The maximum absolute atomic E-state index is 11.0. The zero-order valence-corrected chi connectivity index (χ0v) is 11.5. The third kappa shape index (κ3) is 3.36. The van der Waals surface area contributed by atoms with Crippen LogP contribution in [0, 0.1) is 0 Å². The van der Waals surface area contributed by atoms with Crippen molar-refractivity contribution in [1.82, 2.24) is 4.98 Å². The van der Waals surface area contributed by atoms with Crippen molar-refractivity contribution >= 4 is 15.9 Å². The minimum Gasteiger partial charge on any atom is -0.489 e. The van der Waals surface area contributed by atoms with Crippen LogP contribution in [0.5, 0.6) is 5.75 Å². The van der Waals surface area contributed by atoms with E-state index in [1.54, 1.807) is 6.20 Å². The van der Waals surface area contributed by atoms with E-state index >= 15 is 0 Å². The highest BCUT2D eigenvalue weighted by molar-refractivity contribution is 7.86. The van der Waals surface area contributed by atoms with Gasteiger partial charge in [0, 0.05) is 13.1 Å². The normalized spacial score (nSPS) is 20.2. The molecule has 0 radical (unpaired) electrons. The molecule has 1 aliphatic carbocycles. The van der Waals surface area contributed by atoms with Crippen molar-refractivity contribution < 1.29 is 17.3 Å². The molecule has 0 amide bonds. The predicted octanol–water partition coefficient (Wildman–Crippen LogP) is 0.788. The van der Waals surface area contributed by atoms with Crippen LogP contribution < -0.4 is 9.64 Å². The molecule has 0 bridgehead atoms. The second kappa shape index (κ2) is 4.64. The zero-order valence-electron chi connectivity index (χ0n) is 10.7. The molecule has 1 aromatic rings. The molecule has 2 fully saturated rings. The zero-order chi connectivity index (χ0) is 13.5. The van der Waals surface area contributed by atoms with Gasteiger partial charge in [-0.2, -0.15) is 8.42 Å². The van der Waals surface area contributed by atoms with E-state index in [0.717, 1.165) is 30.7 Å². The van der Waals surface area contributed by atoms with Crippen LogP contribution in [0.2, 0.25) is 0 Å². The van der Waals surface area contributed by atoms with Crippen LogP contribution in [-0.2, 0) is 14.3 Å². The number of hydrogen-bond acceptors (Lipinski definition) is 6. The van der Waals surface area contributed by atoms with Crippen molar-refractivity contribution in [3.63, 3.8) is 0 Å². The van der Waals surface area contributed by atoms with Crippen LogP contribution >= 0.6 is 0 Å². The van der Waals surface area contributed by atoms with E-state index in [-0.39, 0.29) is 6.10 Å². The Morgan fingerprint density at radius 3 is 2.53 bits per heavy atom. The van der Waals surface area contributed by atoms with Gasteiger partial charge >= 0.3 is 0 Å². The first-order valence-corrected chi connectivity index (χ1v) is 8.07. The van der Waals surface area contributed by atoms with Crippen LogP contribution in [0.25, 0.3) is 0 Å². The summed E-state index contributed by atoms with van der Waals surface area (Å²) < 4.78 is 32.4. The first-order chi connectivity index (χ1) is 8.99. The van der Waals surface area contributed by atoms with Gasteiger partial charge in [0.1, 0.15) is 17.7 Å². The topological polar surface area (TPSA) is 68.7 Å². The van der Waals surface area contributed by atoms with Gasteiger partial charge in [0.25, 0.3) is 10.1 Å². The minimum absolute atomic E-state index is 0.265. The summed E-state index contributed by atoms with van der Waals surface area (Å²) in [6.45, 7) is 1.09. The quantitative estimate of drug-likeness (QED) is 0.745. The van der Waals surface area contributed by atoms with Gasteiger partial charge in [-0.3, -0.25) is 4.18 Å². The Hall–Kier alpha value is -1.34. The fraction of sp³-hybridized carbons (Fsp3) is 0.583. The summed E-state index contributed by atoms with van der Waals surface area (Å²) >= 11 is 0. The molecule has 3 rings (SSSR count). The molecule has 1 aromatic heterocycles.